The van der Waals surface area contributed by atoms with Crippen LogP contribution in [0.25, 0.3) is 0 Å². The topological polar surface area (TPSA) is 77.0 Å². The molecule has 0 aliphatic heterocycles. The highest BCUT2D eigenvalue weighted by molar-refractivity contribution is 7.80. The van der Waals surface area contributed by atoms with Crippen molar-refractivity contribution in [3.63, 3.8) is 0 Å². The fourth-order valence-corrected chi connectivity index (χ4v) is 1.39. The number of aromatic hydroxyl groups is 1. The Bertz CT molecular complexity index is 465. The number of hydrogen-bond donors (Lipinski definition) is 3. The average Bonchev–Trinajstić information content (AvgIpc) is 2.53. The molecule has 0 saturated carbocycles. The van der Waals surface area contributed by atoms with Crippen LogP contribution >= 0.6 is 12.6 Å². The molecule has 1 aromatic heterocycles. The molecule has 15 heavy (non-hydrogen) atoms. The number of nitrogens with two attached hydrogens (primary N) is 1. The number of aromatic nitrogens is 3. The zero-order valence-corrected chi connectivity index (χ0v) is 8.72. The maximum atomic E-state index is 9.11. The number of hydrogen-bond acceptors (Lipinski definition) is 5. The maximum absolute atomic E-state index is 9.11. The van der Waals surface area contributed by atoms with Crippen molar-refractivity contribution in [2.75, 3.05) is 5.84 Å². The minimum Gasteiger partial charge on any atom is -0.508 e. The van der Waals surface area contributed by atoms with Gasteiger partial charge in [0.05, 0.1) is 0 Å². The quantitative estimate of drug-likeness (QED) is 0.513. The summed E-state index contributed by atoms with van der Waals surface area (Å²) in [7, 11) is 0. The van der Waals surface area contributed by atoms with Crippen LogP contribution in [0.5, 0.6) is 5.75 Å². The van der Waals surface area contributed by atoms with Crippen molar-refractivity contribution in [3.8, 4) is 5.75 Å². The van der Waals surface area contributed by atoms with Gasteiger partial charge in [-0.3, -0.25) is 0 Å². The van der Waals surface area contributed by atoms with Gasteiger partial charge in [0.2, 0.25) is 5.16 Å². The molecule has 0 bridgehead atoms. The fourth-order valence-electron chi connectivity index (χ4n) is 1.23. The van der Waals surface area contributed by atoms with Gasteiger partial charge >= 0.3 is 0 Å². The van der Waals surface area contributed by atoms with Gasteiger partial charge < -0.3 is 10.9 Å². The van der Waals surface area contributed by atoms with Crippen LogP contribution in [-0.4, -0.2) is 20.0 Å². The number of nitrogen functional groups attached to an aromatic ring is 1. The SMILES string of the molecule is Nn1c(S)nnc1Cc1ccc(O)cc1. The molecule has 1 aromatic carbocycles. The van der Waals surface area contributed by atoms with E-state index in [1.54, 1.807) is 12.1 Å². The molecular weight excluding hydrogens is 212 g/mol. The van der Waals surface area contributed by atoms with E-state index in [1.165, 1.54) is 4.68 Å². The molecule has 0 radical (unpaired) electrons. The molecule has 0 aliphatic carbocycles. The summed E-state index contributed by atoms with van der Waals surface area (Å²) in [6.07, 6.45) is 0.560. The van der Waals surface area contributed by atoms with Crippen molar-refractivity contribution in [1.82, 2.24) is 14.9 Å². The van der Waals surface area contributed by atoms with Crippen molar-refractivity contribution in [1.29, 1.82) is 0 Å². The summed E-state index contributed by atoms with van der Waals surface area (Å²) in [5.41, 5.74) is 1.00. The van der Waals surface area contributed by atoms with Crippen LogP contribution < -0.4 is 5.84 Å². The standard InChI is InChI=1S/C9H10N4OS/c10-13-8(11-12-9(13)15)5-6-1-3-7(14)4-2-6/h1-4,14H,5,10H2,(H,12,15). The van der Waals surface area contributed by atoms with Gasteiger partial charge in [-0.2, -0.15) is 0 Å². The summed E-state index contributed by atoms with van der Waals surface area (Å²) < 4.78 is 1.33. The van der Waals surface area contributed by atoms with Gasteiger partial charge in [-0.05, 0) is 17.7 Å². The van der Waals surface area contributed by atoms with E-state index in [9.17, 15) is 0 Å². The Morgan fingerprint density at radius 2 is 1.93 bits per heavy atom. The third-order valence-electron chi connectivity index (χ3n) is 2.05. The second-order valence-electron chi connectivity index (χ2n) is 3.13. The second-order valence-corrected chi connectivity index (χ2v) is 3.53. The summed E-state index contributed by atoms with van der Waals surface area (Å²) in [5, 5.41) is 17.1. The van der Waals surface area contributed by atoms with Crippen molar-refractivity contribution < 1.29 is 5.11 Å². The van der Waals surface area contributed by atoms with Crippen LogP contribution in [0.4, 0.5) is 0 Å². The van der Waals surface area contributed by atoms with Crippen molar-refractivity contribution in [3.05, 3.63) is 35.7 Å². The van der Waals surface area contributed by atoms with Gasteiger partial charge in [0.1, 0.15) is 5.75 Å². The fraction of sp³-hybridized carbons (Fsp3) is 0.111. The van der Waals surface area contributed by atoms with Crippen LogP contribution in [-0.2, 0) is 6.42 Å². The summed E-state index contributed by atoms with van der Waals surface area (Å²) in [6.45, 7) is 0. The largest absolute Gasteiger partial charge is 0.508 e. The summed E-state index contributed by atoms with van der Waals surface area (Å²) >= 11 is 4.03. The van der Waals surface area contributed by atoms with E-state index in [2.05, 4.69) is 22.8 Å². The van der Waals surface area contributed by atoms with Crippen molar-refractivity contribution in [2.45, 2.75) is 11.6 Å². The van der Waals surface area contributed by atoms with Crippen LogP contribution in [0, 0.1) is 0 Å². The molecule has 0 spiro atoms. The molecule has 0 saturated heterocycles. The van der Waals surface area contributed by atoms with E-state index >= 15 is 0 Å². The Balaban J connectivity index is 2.22. The predicted molar refractivity (Wildman–Crippen MR) is 58.3 cm³/mol. The third kappa shape index (κ3) is 2.04. The monoisotopic (exact) mass is 222 g/mol. The lowest BCUT2D eigenvalue weighted by Gasteiger charge is -2.01. The molecule has 0 atom stereocenters. The molecule has 3 N–H and O–H groups in total. The van der Waals surface area contributed by atoms with Gasteiger partial charge in [0.15, 0.2) is 5.82 Å². The lowest BCUT2D eigenvalue weighted by atomic mass is 10.1. The van der Waals surface area contributed by atoms with E-state index in [1.807, 2.05) is 12.1 Å². The smallest absolute Gasteiger partial charge is 0.206 e. The lowest BCUT2D eigenvalue weighted by Crippen LogP contribution is -2.13. The molecule has 2 aromatic rings. The predicted octanol–water partition coefficient (Wildman–Crippen LogP) is 0.577. The molecule has 2 rings (SSSR count). The number of rotatable bonds is 2. The second kappa shape index (κ2) is 3.82. The zero-order valence-electron chi connectivity index (χ0n) is 7.83. The van der Waals surface area contributed by atoms with Gasteiger partial charge in [0.25, 0.3) is 0 Å². The summed E-state index contributed by atoms with van der Waals surface area (Å²) in [5.74, 6) is 6.52. The van der Waals surface area contributed by atoms with Crippen LogP contribution in [0.2, 0.25) is 0 Å². The minimum atomic E-state index is 0.239. The molecule has 0 unspecified atom stereocenters. The molecular formula is C9H10N4OS. The van der Waals surface area contributed by atoms with Crippen LogP contribution in [0.3, 0.4) is 0 Å². The molecule has 78 valence electrons. The van der Waals surface area contributed by atoms with E-state index < -0.39 is 0 Å². The highest BCUT2D eigenvalue weighted by Gasteiger charge is 2.06. The molecule has 1 heterocycles. The number of nitrogens with zero attached hydrogens (tertiary/aromatic N) is 3. The highest BCUT2D eigenvalue weighted by atomic mass is 32.1. The number of phenols is 1. The number of phenolic OH excluding ortho intramolecular Hbond substituents is 1. The van der Waals surface area contributed by atoms with Gasteiger partial charge in [-0.25, -0.2) is 4.68 Å². The van der Waals surface area contributed by atoms with Gasteiger partial charge in [-0.1, -0.05) is 12.1 Å². The van der Waals surface area contributed by atoms with E-state index in [0.717, 1.165) is 5.56 Å². The molecule has 6 heteroatoms. The van der Waals surface area contributed by atoms with Crippen molar-refractivity contribution in [2.24, 2.45) is 0 Å². The van der Waals surface area contributed by atoms with E-state index in [4.69, 9.17) is 10.9 Å². The Morgan fingerprint density at radius 1 is 1.27 bits per heavy atom. The minimum absolute atomic E-state index is 0.239. The molecule has 0 aliphatic rings. The Kier molecular flexibility index (Phi) is 2.51. The first-order chi connectivity index (χ1) is 7.16. The molecule has 0 fully saturated rings. The molecule has 5 nitrogen and oxygen atoms in total. The first-order valence-electron chi connectivity index (χ1n) is 4.33. The Labute approximate surface area is 91.9 Å². The Hall–Kier alpha value is -1.69. The van der Waals surface area contributed by atoms with E-state index in [-0.39, 0.29) is 5.75 Å². The average molecular weight is 222 g/mol. The molecule has 0 amide bonds. The number of thiol groups is 1. The van der Waals surface area contributed by atoms with Gasteiger partial charge in [0, 0.05) is 6.42 Å². The zero-order chi connectivity index (χ0) is 10.8. The lowest BCUT2D eigenvalue weighted by molar-refractivity contribution is 0.475. The summed E-state index contributed by atoms with van der Waals surface area (Å²) in [4.78, 5) is 0. The van der Waals surface area contributed by atoms with Gasteiger partial charge in [-0.15, -0.1) is 22.8 Å². The third-order valence-corrected chi connectivity index (χ3v) is 2.35. The van der Waals surface area contributed by atoms with Crippen LogP contribution in [0.1, 0.15) is 11.4 Å². The first-order valence-corrected chi connectivity index (χ1v) is 4.78. The maximum Gasteiger partial charge on any atom is 0.206 e. The number of benzene rings is 1. The first kappa shape index (κ1) is 9.85. The van der Waals surface area contributed by atoms with E-state index in [0.29, 0.717) is 17.4 Å². The normalized spacial score (nSPS) is 10.5. The highest BCUT2D eigenvalue weighted by Crippen LogP contribution is 2.13. The summed E-state index contributed by atoms with van der Waals surface area (Å²) in [6, 6.07) is 6.85. The van der Waals surface area contributed by atoms with Crippen LogP contribution in [0.15, 0.2) is 29.4 Å². The van der Waals surface area contributed by atoms with Crippen molar-refractivity contribution >= 4 is 12.6 Å². The Morgan fingerprint density at radius 3 is 2.47 bits per heavy atom.